The molecule has 0 unspecified atom stereocenters. The number of carbonyl (C=O) groups is 1. The third kappa shape index (κ3) is 3.46. The summed E-state index contributed by atoms with van der Waals surface area (Å²) in [4.78, 5) is 15.5. The number of nitrogens with zero attached hydrogens (tertiary/aromatic N) is 3. The first-order valence-corrected chi connectivity index (χ1v) is 9.27. The Morgan fingerprint density at radius 2 is 1.24 bits per heavy atom. The van der Waals surface area contributed by atoms with Gasteiger partial charge in [0.1, 0.15) is 11.9 Å². The Morgan fingerprint density at radius 1 is 0.793 bits per heavy atom. The lowest BCUT2D eigenvalue weighted by molar-refractivity contribution is -0.113. The lowest BCUT2D eigenvalue weighted by Crippen LogP contribution is -2.38. The third-order valence-corrected chi connectivity index (χ3v) is 4.82. The van der Waals surface area contributed by atoms with Gasteiger partial charge in [0.2, 0.25) is 5.91 Å². The monoisotopic (exact) mass is 380 g/mol. The van der Waals surface area contributed by atoms with Crippen molar-refractivity contribution in [1.29, 1.82) is 0 Å². The largest absolute Gasteiger partial charge is 0.366 e. The Bertz CT molecular complexity index is 1020. The smallest absolute Gasteiger partial charge is 0.241 e. The summed E-state index contributed by atoms with van der Waals surface area (Å²) in [5.74, 6) is -0.127. The van der Waals surface area contributed by atoms with Crippen LogP contribution in [0.2, 0.25) is 0 Å². The van der Waals surface area contributed by atoms with Crippen LogP contribution in [0.25, 0.3) is 6.08 Å². The van der Waals surface area contributed by atoms with E-state index in [0.717, 1.165) is 16.7 Å². The van der Waals surface area contributed by atoms with Crippen LogP contribution >= 0.6 is 0 Å². The molecule has 1 heterocycles. The normalized spacial score (nSPS) is 11.6. The van der Waals surface area contributed by atoms with Gasteiger partial charge in [-0.15, -0.1) is 0 Å². The Labute approximate surface area is 169 Å². The van der Waals surface area contributed by atoms with Gasteiger partial charge in [0.25, 0.3) is 0 Å². The highest BCUT2D eigenvalue weighted by atomic mass is 16.1. The topological polar surface area (TPSA) is 73.8 Å². The number of carbonyl (C=O) groups excluding carboxylic acids is 1. The first kappa shape index (κ1) is 18.4. The standard InChI is InChI=1S/C24H20N4O/c25-22(29)16-17-23-26-18-28(27-23)24(19-10-4-1-5-11-19,20-12-6-2-7-13-20)21-14-8-3-9-15-21/h1-18H,(H2,25,29)/b17-16+. The van der Waals surface area contributed by atoms with Crippen LogP contribution in [0.5, 0.6) is 0 Å². The summed E-state index contributed by atoms with van der Waals surface area (Å²) in [6, 6.07) is 30.6. The van der Waals surface area contributed by atoms with Gasteiger partial charge < -0.3 is 5.73 Å². The second-order valence-corrected chi connectivity index (χ2v) is 6.59. The minimum atomic E-state index is -0.727. The van der Waals surface area contributed by atoms with Crippen LogP contribution in [0.15, 0.2) is 103 Å². The van der Waals surface area contributed by atoms with E-state index < -0.39 is 11.4 Å². The third-order valence-electron chi connectivity index (χ3n) is 4.82. The molecule has 3 aromatic carbocycles. The summed E-state index contributed by atoms with van der Waals surface area (Å²) in [5, 5.41) is 4.69. The summed E-state index contributed by atoms with van der Waals surface area (Å²) in [7, 11) is 0. The van der Waals surface area contributed by atoms with Gasteiger partial charge in [-0.05, 0) is 22.8 Å². The molecule has 0 bridgehead atoms. The molecule has 5 heteroatoms. The van der Waals surface area contributed by atoms with E-state index in [1.807, 2.05) is 59.3 Å². The summed E-state index contributed by atoms with van der Waals surface area (Å²) in [5.41, 5.74) is 7.64. The molecule has 0 fully saturated rings. The van der Waals surface area contributed by atoms with E-state index in [1.165, 1.54) is 12.2 Å². The zero-order valence-electron chi connectivity index (χ0n) is 15.7. The van der Waals surface area contributed by atoms with E-state index in [-0.39, 0.29) is 0 Å². The van der Waals surface area contributed by atoms with Crippen molar-refractivity contribution >= 4 is 12.0 Å². The maximum atomic E-state index is 11.1. The molecule has 0 aliphatic rings. The van der Waals surface area contributed by atoms with E-state index in [4.69, 9.17) is 10.8 Å². The van der Waals surface area contributed by atoms with Crippen LogP contribution in [0.4, 0.5) is 0 Å². The number of aromatic nitrogens is 3. The van der Waals surface area contributed by atoms with Gasteiger partial charge in [-0.2, -0.15) is 5.10 Å². The zero-order chi connectivity index (χ0) is 20.1. The number of primary amides is 1. The molecule has 0 atom stereocenters. The lowest BCUT2D eigenvalue weighted by atomic mass is 9.77. The molecule has 4 aromatic rings. The molecule has 0 radical (unpaired) electrons. The molecule has 0 spiro atoms. The SMILES string of the molecule is NC(=O)/C=C/c1ncn(C(c2ccccc2)(c2ccccc2)c2ccccc2)n1. The van der Waals surface area contributed by atoms with Crippen LogP contribution in [-0.4, -0.2) is 20.7 Å². The highest BCUT2D eigenvalue weighted by molar-refractivity contribution is 5.89. The van der Waals surface area contributed by atoms with Crippen molar-refractivity contribution in [2.45, 2.75) is 5.54 Å². The number of rotatable bonds is 6. The van der Waals surface area contributed by atoms with Crippen molar-refractivity contribution in [2.75, 3.05) is 0 Å². The number of nitrogens with two attached hydrogens (primary N) is 1. The molecule has 5 nitrogen and oxygen atoms in total. The summed E-state index contributed by atoms with van der Waals surface area (Å²) in [6.45, 7) is 0. The average Bonchev–Trinajstić information content (AvgIpc) is 3.24. The highest BCUT2D eigenvalue weighted by Gasteiger charge is 2.39. The number of amides is 1. The molecule has 1 aromatic heterocycles. The van der Waals surface area contributed by atoms with Gasteiger partial charge in [-0.3, -0.25) is 4.79 Å². The number of hydrogen-bond acceptors (Lipinski definition) is 3. The summed E-state index contributed by atoms with van der Waals surface area (Å²) in [6.07, 6.45) is 4.47. The molecule has 142 valence electrons. The fourth-order valence-corrected chi connectivity index (χ4v) is 3.61. The maximum Gasteiger partial charge on any atom is 0.241 e. The molecule has 0 saturated heterocycles. The molecule has 2 N–H and O–H groups in total. The highest BCUT2D eigenvalue weighted by Crippen LogP contribution is 2.40. The zero-order valence-corrected chi connectivity index (χ0v) is 15.7. The second kappa shape index (κ2) is 7.94. The van der Waals surface area contributed by atoms with Crippen molar-refractivity contribution in [2.24, 2.45) is 5.73 Å². The van der Waals surface area contributed by atoms with Gasteiger partial charge in [-0.1, -0.05) is 91.0 Å². The summed E-state index contributed by atoms with van der Waals surface area (Å²) >= 11 is 0. The van der Waals surface area contributed by atoms with Crippen molar-refractivity contribution in [1.82, 2.24) is 14.8 Å². The van der Waals surface area contributed by atoms with Crippen molar-refractivity contribution in [3.05, 3.63) is 126 Å². The van der Waals surface area contributed by atoms with E-state index in [9.17, 15) is 4.79 Å². The van der Waals surface area contributed by atoms with E-state index in [1.54, 1.807) is 6.33 Å². The Kier molecular flexibility index (Phi) is 5.03. The van der Waals surface area contributed by atoms with E-state index in [2.05, 4.69) is 41.4 Å². The van der Waals surface area contributed by atoms with Gasteiger partial charge in [0, 0.05) is 6.08 Å². The van der Waals surface area contributed by atoms with Crippen LogP contribution in [0, 0.1) is 0 Å². The van der Waals surface area contributed by atoms with Gasteiger partial charge in [0.15, 0.2) is 5.82 Å². The predicted octanol–water partition coefficient (Wildman–Crippen LogP) is 3.62. The molecular weight excluding hydrogens is 360 g/mol. The summed E-state index contributed by atoms with van der Waals surface area (Å²) < 4.78 is 1.84. The van der Waals surface area contributed by atoms with Crippen LogP contribution in [0.3, 0.4) is 0 Å². The first-order valence-electron chi connectivity index (χ1n) is 9.27. The Balaban J connectivity index is 2.02. The van der Waals surface area contributed by atoms with Gasteiger partial charge in [0.05, 0.1) is 0 Å². The van der Waals surface area contributed by atoms with Gasteiger partial charge in [-0.25, -0.2) is 9.67 Å². The minimum Gasteiger partial charge on any atom is -0.366 e. The Hall–Kier alpha value is -3.99. The van der Waals surface area contributed by atoms with Crippen LogP contribution in [-0.2, 0) is 10.3 Å². The quantitative estimate of drug-likeness (QED) is 0.410. The molecule has 4 rings (SSSR count). The maximum absolute atomic E-state index is 11.1. The minimum absolute atomic E-state index is 0.413. The Morgan fingerprint density at radius 3 is 1.66 bits per heavy atom. The molecule has 1 amide bonds. The van der Waals surface area contributed by atoms with Crippen LogP contribution in [0.1, 0.15) is 22.5 Å². The predicted molar refractivity (Wildman–Crippen MR) is 113 cm³/mol. The van der Waals surface area contributed by atoms with Crippen molar-refractivity contribution in [3.63, 3.8) is 0 Å². The second-order valence-electron chi connectivity index (χ2n) is 6.59. The first-order chi connectivity index (χ1) is 14.2. The molecule has 0 aliphatic carbocycles. The van der Waals surface area contributed by atoms with E-state index in [0.29, 0.717) is 5.82 Å². The van der Waals surface area contributed by atoms with Crippen LogP contribution < -0.4 is 5.73 Å². The number of benzene rings is 3. The fourth-order valence-electron chi connectivity index (χ4n) is 3.61. The van der Waals surface area contributed by atoms with Crippen molar-refractivity contribution < 1.29 is 4.79 Å². The van der Waals surface area contributed by atoms with E-state index >= 15 is 0 Å². The lowest BCUT2D eigenvalue weighted by Gasteiger charge is -2.35. The van der Waals surface area contributed by atoms with Crippen molar-refractivity contribution in [3.8, 4) is 0 Å². The molecule has 29 heavy (non-hydrogen) atoms. The molecular formula is C24H20N4O. The fraction of sp³-hybridized carbons (Fsp3) is 0.0417. The number of hydrogen-bond donors (Lipinski definition) is 1. The van der Waals surface area contributed by atoms with Gasteiger partial charge >= 0.3 is 0 Å². The molecule has 0 aliphatic heterocycles. The average molecular weight is 380 g/mol. The molecule has 0 saturated carbocycles.